The Morgan fingerprint density at radius 2 is 1.38 bits per heavy atom. The van der Waals surface area contributed by atoms with E-state index in [1.807, 2.05) is 36.4 Å². The fraction of sp³-hybridized carbons (Fsp3) is 0.559. The average molecular weight is 633 g/mol. The lowest BCUT2D eigenvalue weighted by Gasteiger charge is -2.52. The highest BCUT2D eigenvalue weighted by molar-refractivity contribution is 5.85. The van der Waals surface area contributed by atoms with E-state index in [0.29, 0.717) is 23.6 Å². The minimum absolute atomic E-state index is 0.187. The number of carboxylic acids is 1. The zero-order valence-electron chi connectivity index (χ0n) is 25.5. The SMILES string of the molecule is O=C(NCCC[N+]12CCC(CC1)[C@@H](OC(=O)C(O)(c1ccccc1)c1ccccc1)C2)C1CCCCCC1.O=C([O-])C(F)(F)F. The minimum Gasteiger partial charge on any atom is -0.542 e. The summed E-state index contributed by atoms with van der Waals surface area (Å²) in [5.74, 6) is -2.84. The highest BCUT2D eigenvalue weighted by Crippen LogP contribution is 2.38. The molecule has 2 N–H and O–H groups in total. The topological polar surface area (TPSA) is 116 Å². The van der Waals surface area contributed by atoms with E-state index in [1.54, 1.807) is 24.3 Å². The fourth-order valence-corrected chi connectivity index (χ4v) is 6.96. The van der Waals surface area contributed by atoms with Crippen molar-refractivity contribution in [1.29, 1.82) is 0 Å². The number of fused-ring (bicyclic) bond motifs is 3. The number of hydrogen-bond acceptors (Lipinski definition) is 6. The van der Waals surface area contributed by atoms with Crippen molar-refractivity contribution in [2.24, 2.45) is 11.8 Å². The molecule has 8 nitrogen and oxygen atoms in total. The Morgan fingerprint density at radius 1 is 0.867 bits per heavy atom. The van der Waals surface area contributed by atoms with Gasteiger partial charge in [-0.3, -0.25) is 4.79 Å². The molecule has 4 fully saturated rings. The molecule has 2 bridgehead atoms. The zero-order valence-corrected chi connectivity index (χ0v) is 25.5. The molecule has 0 radical (unpaired) electrons. The summed E-state index contributed by atoms with van der Waals surface area (Å²) in [7, 11) is 0. The Kier molecular flexibility index (Phi) is 11.7. The van der Waals surface area contributed by atoms with Gasteiger partial charge in [-0.15, -0.1) is 0 Å². The number of piperidine rings is 3. The highest BCUT2D eigenvalue weighted by atomic mass is 19.4. The van der Waals surface area contributed by atoms with Crippen LogP contribution in [0.3, 0.4) is 0 Å². The van der Waals surface area contributed by atoms with E-state index in [1.165, 1.54) is 25.7 Å². The number of aliphatic carboxylic acids is 1. The third kappa shape index (κ3) is 8.85. The summed E-state index contributed by atoms with van der Waals surface area (Å²) in [6, 6.07) is 18.2. The number of amides is 1. The Bertz CT molecular complexity index is 1220. The van der Waals surface area contributed by atoms with Crippen LogP contribution in [0.15, 0.2) is 60.7 Å². The van der Waals surface area contributed by atoms with E-state index >= 15 is 0 Å². The van der Waals surface area contributed by atoms with Gasteiger partial charge in [0.1, 0.15) is 12.5 Å². The van der Waals surface area contributed by atoms with Crippen LogP contribution in [0, 0.1) is 11.8 Å². The number of benzene rings is 2. The number of ether oxygens (including phenoxy) is 1. The molecule has 11 heteroatoms. The highest BCUT2D eigenvalue weighted by Gasteiger charge is 2.50. The summed E-state index contributed by atoms with van der Waals surface area (Å²) >= 11 is 0. The number of alkyl halides is 3. The zero-order chi connectivity index (χ0) is 32.5. The summed E-state index contributed by atoms with van der Waals surface area (Å²) in [5, 5.41) is 23.8. The number of esters is 1. The summed E-state index contributed by atoms with van der Waals surface area (Å²) in [5.41, 5.74) is -0.807. The van der Waals surface area contributed by atoms with Crippen LogP contribution in [-0.2, 0) is 24.7 Å². The molecule has 246 valence electrons. The quantitative estimate of drug-likeness (QED) is 0.188. The average Bonchev–Trinajstić information content (AvgIpc) is 3.34. The van der Waals surface area contributed by atoms with Crippen LogP contribution < -0.4 is 10.4 Å². The number of hydrogen-bond donors (Lipinski definition) is 2. The monoisotopic (exact) mass is 632 g/mol. The molecule has 1 saturated carbocycles. The van der Waals surface area contributed by atoms with Gasteiger partial charge in [-0.1, -0.05) is 86.3 Å². The standard InChI is InChI=1S/C32H42N2O4.C2HF3O2/c35-30(26-12-5-1-2-6-13-26)33-20-11-21-34-22-18-25(19-23-34)29(24-34)38-31(36)32(37,27-14-7-3-8-15-27)28-16-9-4-10-17-28;3-2(4,5)1(6)7/h3-4,7-10,14-17,25-26,29,37H,1-2,5-6,11-13,18-24H2;(H,6,7)/t25?,29-,34?;/m0./s1. The molecule has 3 heterocycles. The number of quaternary nitrogens is 1. The Balaban J connectivity index is 0.000000591. The third-order valence-corrected chi connectivity index (χ3v) is 9.54. The molecule has 4 aliphatic rings. The van der Waals surface area contributed by atoms with Gasteiger partial charge < -0.3 is 29.5 Å². The summed E-state index contributed by atoms with van der Waals surface area (Å²) in [6.45, 7) is 4.67. The van der Waals surface area contributed by atoms with Gasteiger partial charge in [0.05, 0.1) is 19.6 Å². The summed E-state index contributed by atoms with van der Waals surface area (Å²) in [6.07, 6.45) is 4.49. The van der Waals surface area contributed by atoms with Crippen LogP contribution in [0.2, 0.25) is 0 Å². The second kappa shape index (κ2) is 15.2. The Labute approximate surface area is 262 Å². The van der Waals surface area contributed by atoms with Gasteiger partial charge in [-0.05, 0) is 24.0 Å². The number of carboxylic acid groups (broad SMARTS) is 1. The molecule has 6 rings (SSSR count). The molecule has 0 aromatic heterocycles. The van der Waals surface area contributed by atoms with E-state index in [0.717, 1.165) is 62.8 Å². The van der Waals surface area contributed by atoms with E-state index in [4.69, 9.17) is 14.6 Å². The molecule has 1 aliphatic carbocycles. The number of halogens is 3. The van der Waals surface area contributed by atoms with Crippen molar-refractivity contribution in [3.8, 4) is 0 Å². The van der Waals surface area contributed by atoms with Crippen LogP contribution >= 0.6 is 0 Å². The van der Waals surface area contributed by atoms with Crippen LogP contribution in [0.4, 0.5) is 13.2 Å². The van der Waals surface area contributed by atoms with Crippen LogP contribution in [0.5, 0.6) is 0 Å². The third-order valence-electron chi connectivity index (χ3n) is 9.54. The molecule has 3 aliphatic heterocycles. The Morgan fingerprint density at radius 3 is 1.87 bits per heavy atom. The molecule has 0 unspecified atom stereocenters. The molecule has 0 spiro atoms. The first-order valence-electron chi connectivity index (χ1n) is 15.9. The predicted octanol–water partition coefficient (Wildman–Crippen LogP) is 3.85. The van der Waals surface area contributed by atoms with Crippen molar-refractivity contribution < 1.29 is 47.0 Å². The van der Waals surface area contributed by atoms with Crippen molar-refractivity contribution in [1.82, 2.24) is 5.32 Å². The lowest BCUT2D eigenvalue weighted by Crippen LogP contribution is -2.65. The first-order valence-corrected chi connectivity index (χ1v) is 15.9. The first kappa shape index (κ1) is 34.4. The van der Waals surface area contributed by atoms with Gasteiger partial charge in [-0.25, -0.2) is 4.79 Å². The number of carbonyl (C=O) groups is 3. The van der Waals surface area contributed by atoms with E-state index in [-0.39, 0.29) is 17.9 Å². The summed E-state index contributed by atoms with van der Waals surface area (Å²) in [4.78, 5) is 35.1. The molecule has 45 heavy (non-hydrogen) atoms. The molecule has 1 amide bonds. The van der Waals surface area contributed by atoms with Crippen molar-refractivity contribution in [2.45, 2.75) is 75.7 Å². The van der Waals surface area contributed by atoms with Gasteiger partial charge >= 0.3 is 12.1 Å². The Hall–Kier alpha value is -3.44. The van der Waals surface area contributed by atoms with Crippen molar-refractivity contribution in [2.75, 3.05) is 32.7 Å². The lowest BCUT2D eigenvalue weighted by atomic mass is 9.82. The largest absolute Gasteiger partial charge is 0.542 e. The number of aliphatic hydroxyl groups is 1. The van der Waals surface area contributed by atoms with Crippen molar-refractivity contribution in [3.63, 3.8) is 0 Å². The predicted molar refractivity (Wildman–Crippen MR) is 158 cm³/mol. The number of rotatable bonds is 9. The van der Waals surface area contributed by atoms with E-state index in [9.17, 15) is 27.9 Å². The second-order valence-corrected chi connectivity index (χ2v) is 12.5. The van der Waals surface area contributed by atoms with Gasteiger partial charge in [0.25, 0.3) is 0 Å². The van der Waals surface area contributed by atoms with Gasteiger partial charge in [-0.2, -0.15) is 13.2 Å². The number of carbonyl (C=O) groups excluding carboxylic acids is 3. The maximum atomic E-state index is 13.7. The van der Waals surface area contributed by atoms with Crippen LogP contribution in [0.25, 0.3) is 0 Å². The smallest absolute Gasteiger partial charge is 0.430 e. The van der Waals surface area contributed by atoms with E-state index in [2.05, 4.69) is 5.32 Å². The fourth-order valence-electron chi connectivity index (χ4n) is 6.96. The first-order chi connectivity index (χ1) is 21.4. The minimum atomic E-state index is -5.19. The summed E-state index contributed by atoms with van der Waals surface area (Å²) < 4.78 is 38.7. The van der Waals surface area contributed by atoms with Crippen molar-refractivity contribution in [3.05, 3.63) is 71.8 Å². The van der Waals surface area contributed by atoms with Gasteiger partial charge in [0.2, 0.25) is 11.5 Å². The molecule has 2 aromatic carbocycles. The molecule has 1 atom stereocenters. The van der Waals surface area contributed by atoms with Crippen molar-refractivity contribution >= 4 is 17.8 Å². The van der Waals surface area contributed by atoms with Gasteiger partial charge in [0, 0.05) is 37.6 Å². The molecule has 3 saturated heterocycles. The lowest BCUT2D eigenvalue weighted by molar-refractivity contribution is -0.946. The maximum absolute atomic E-state index is 13.7. The molecular formula is C34H43F3N2O6. The van der Waals surface area contributed by atoms with Crippen LogP contribution in [0.1, 0.15) is 68.9 Å². The molecule has 2 aromatic rings. The number of nitrogens with one attached hydrogen (secondary N) is 1. The normalized spacial score (nSPS) is 23.6. The van der Waals surface area contributed by atoms with Gasteiger partial charge in [0.15, 0.2) is 6.10 Å². The second-order valence-electron chi connectivity index (χ2n) is 12.5. The number of nitrogens with zero attached hydrogens (tertiary/aromatic N) is 1. The molecular weight excluding hydrogens is 589 g/mol. The maximum Gasteiger partial charge on any atom is 0.430 e. The van der Waals surface area contributed by atoms with E-state index < -0.39 is 23.7 Å². The van der Waals surface area contributed by atoms with Crippen LogP contribution in [-0.4, -0.2) is 72.4 Å².